The highest BCUT2D eigenvalue weighted by Crippen LogP contribution is 2.26. The number of aromatic nitrogens is 3. The van der Waals surface area contributed by atoms with Crippen molar-refractivity contribution in [2.24, 2.45) is 0 Å². The normalized spacial score (nSPS) is 10.9. The van der Waals surface area contributed by atoms with Gasteiger partial charge in [0.1, 0.15) is 0 Å². The second kappa shape index (κ2) is 8.36. The number of amides is 1. The summed E-state index contributed by atoms with van der Waals surface area (Å²) >= 11 is 6.21. The van der Waals surface area contributed by atoms with Crippen molar-refractivity contribution in [3.05, 3.63) is 93.8 Å². The first-order chi connectivity index (χ1) is 14.8. The summed E-state index contributed by atoms with van der Waals surface area (Å²) in [6, 6.07) is 19.2. The molecule has 1 N–H and O–H groups in total. The summed E-state index contributed by atoms with van der Waals surface area (Å²) in [5, 5.41) is 8.09. The molecule has 31 heavy (non-hydrogen) atoms. The van der Waals surface area contributed by atoms with Crippen LogP contribution in [-0.4, -0.2) is 20.7 Å². The zero-order chi connectivity index (χ0) is 22.1. The number of halogens is 1. The van der Waals surface area contributed by atoms with Gasteiger partial charge >= 0.3 is 0 Å². The van der Waals surface area contributed by atoms with Crippen LogP contribution in [0.2, 0.25) is 5.02 Å². The maximum absolute atomic E-state index is 13.0. The van der Waals surface area contributed by atoms with E-state index in [0.717, 1.165) is 33.6 Å². The minimum absolute atomic E-state index is 0.0918. The molecule has 0 atom stereocenters. The first-order valence-electron chi connectivity index (χ1n) is 10.0. The number of carbonyl (C=O) groups is 1. The van der Waals surface area contributed by atoms with E-state index < -0.39 is 0 Å². The summed E-state index contributed by atoms with van der Waals surface area (Å²) in [4.78, 5) is 17.6. The molecule has 0 saturated heterocycles. The molecule has 5 nitrogen and oxygen atoms in total. The van der Waals surface area contributed by atoms with Gasteiger partial charge in [-0.3, -0.25) is 4.79 Å². The minimum Gasteiger partial charge on any atom is -0.319 e. The molecule has 0 fully saturated rings. The number of benzene rings is 3. The van der Waals surface area contributed by atoms with E-state index in [0.29, 0.717) is 10.8 Å². The largest absolute Gasteiger partial charge is 0.319 e. The lowest BCUT2D eigenvalue weighted by Crippen LogP contribution is -2.15. The van der Waals surface area contributed by atoms with Crippen molar-refractivity contribution in [1.82, 2.24) is 14.8 Å². The number of hydrogen-bond donors (Lipinski definition) is 1. The Bertz CT molecular complexity index is 1290. The van der Waals surface area contributed by atoms with Crippen molar-refractivity contribution < 1.29 is 4.79 Å². The first-order valence-corrected chi connectivity index (χ1v) is 10.4. The van der Waals surface area contributed by atoms with E-state index in [1.165, 1.54) is 5.56 Å². The molecule has 0 aliphatic heterocycles. The van der Waals surface area contributed by atoms with Crippen molar-refractivity contribution in [2.75, 3.05) is 5.32 Å². The number of aryl methyl sites for hydroxylation is 3. The molecule has 0 spiro atoms. The van der Waals surface area contributed by atoms with Crippen molar-refractivity contribution in [2.45, 2.75) is 27.7 Å². The zero-order valence-corrected chi connectivity index (χ0v) is 18.7. The zero-order valence-electron chi connectivity index (χ0n) is 17.9. The van der Waals surface area contributed by atoms with Crippen LogP contribution < -0.4 is 5.32 Å². The van der Waals surface area contributed by atoms with Crippen LogP contribution in [0.3, 0.4) is 0 Å². The van der Waals surface area contributed by atoms with Gasteiger partial charge in [0, 0.05) is 16.3 Å². The number of hydrogen-bond acceptors (Lipinski definition) is 3. The van der Waals surface area contributed by atoms with E-state index in [1.807, 2.05) is 75.4 Å². The van der Waals surface area contributed by atoms with Gasteiger partial charge in [0.2, 0.25) is 5.82 Å². The van der Waals surface area contributed by atoms with Gasteiger partial charge in [-0.25, -0.2) is 9.67 Å². The van der Waals surface area contributed by atoms with Gasteiger partial charge in [-0.1, -0.05) is 41.9 Å². The van der Waals surface area contributed by atoms with Gasteiger partial charge in [0.25, 0.3) is 5.91 Å². The third-order valence-electron chi connectivity index (χ3n) is 5.48. The molecule has 0 aliphatic rings. The third kappa shape index (κ3) is 4.23. The van der Waals surface area contributed by atoms with E-state index in [4.69, 9.17) is 11.6 Å². The summed E-state index contributed by atoms with van der Waals surface area (Å²) in [5.74, 6) is 0.283. The van der Waals surface area contributed by atoms with Crippen LogP contribution >= 0.6 is 11.6 Å². The van der Waals surface area contributed by atoms with Crippen molar-refractivity contribution in [3.63, 3.8) is 0 Å². The molecule has 0 aliphatic carbocycles. The number of rotatable bonds is 4. The third-order valence-corrected chi connectivity index (χ3v) is 5.72. The highest BCUT2D eigenvalue weighted by Gasteiger charge is 2.20. The number of carbonyl (C=O) groups excluding carboxylic acids is 1. The lowest BCUT2D eigenvalue weighted by molar-refractivity contribution is 0.101. The van der Waals surface area contributed by atoms with Gasteiger partial charge in [0.15, 0.2) is 5.82 Å². The molecule has 0 radical (unpaired) electrons. The fraction of sp³-hybridized carbons (Fsp3) is 0.160. The standard InChI is InChI=1S/C25H23ClN4O/c1-15-11-12-21(13-17(15)3)30-24(19-8-6-9-20(26)14-19)28-23(29-30)25(31)27-22-10-5-7-16(2)18(22)4/h5-14H,1-4H3,(H,27,31). The van der Waals surface area contributed by atoms with E-state index in [2.05, 4.69) is 22.3 Å². The predicted molar refractivity (Wildman–Crippen MR) is 125 cm³/mol. The Morgan fingerprint density at radius 1 is 0.903 bits per heavy atom. The quantitative estimate of drug-likeness (QED) is 0.427. The fourth-order valence-corrected chi connectivity index (χ4v) is 3.52. The van der Waals surface area contributed by atoms with E-state index in [1.54, 1.807) is 10.7 Å². The molecule has 4 rings (SSSR count). The summed E-state index contributed by atoms with van der Waals surface area (Å²) in [7, 11) is 0. The molecule has 0 bridgehead atoms. The van der Waals surface area contributed by atoms with Gasteiger partial charge < -0.3 is 5.32 Å². The molecule has 156 valence electrons. The van der Waals surface area contributed by atoms with Crippen molar-refractivity contribution >= 4 is 23.2 Å². The Balaban J connectivity index is 1.80. The van der Waals surface area contributed by atoms with Crippen molar-refractivity contribution in [1.29, 1.82) is 0 Å². The average Bonchev–Trinajstić information content (AvgIpc) is 3.19. The summed E-state index contributed by atoms with van der Waals surface area (Å²) < 4.78 is 1.69. The van der Waals surface area contributed by atoms with Gasteiger partial charge in [-0.2, -0.15) is 0 Å². The van der Waals surface area contributed by atoms with E-state index >= 15 is 0 Å². The summed E-state index contributed by atoms with van der Waals surface area (Å²) in [6.07, 6.45) is 0. The molecule has 1 aromatic heterocycles. The van der Waals surface area contributed by atoms with Crippen LogP contribution in [0.25, 0.3) is 17.1 Å². The Hall–Kier alpha value is -3.44. The van der Waals surface area contributed by atoms with Gasteiger partial charge in [0.05, 0.1) is 5.69 Å². The maximum Gasteiger partial charge on any atom is 0.295 e. The Morgan fingerprint density at radius 3 is 2.42 bits per heavy atom. The lowest BCUT2D eigenvalue weighted by Gasteiger charge is -2.09. The first kappa shape index (κ1) is 20.8. The maximum atomic E-state index is 13.0. The molecule has 3 aromatic carbocycles. The molecule has 0 saturated carbocycles. The van der Waals surface area contributed by atoms with E-state index in [9.17, 15) is 4.79 Å². The summed E-state index contributed by atoms with van der Waals surface area (Å²) in [5.41, 5.74) is 6.79. The highest BCUT2D eigenvalue weighted by atomic mass is 35.5. The minimum atomic E-state index is -0.362. The van der Waals surface area contributed by atoms with Crippen LogP contribution in [0.1, 0.15) is 32.9 Å². The second-order valence-electron chi connectivity index (χ2n) is 7.65. The smallest absolute Gasteiger partial charge is 0.295 e. The van der Waals surface area contributed by atoms with Crippen LogP contribution in [0.4, 0.5) is 5.69 Å². The fourth-order valence-electron chi connectivity index (χ4n) is 3.32. The molecule has 0 unspecified atom stereocenters. The van der Waals surface area contributed by atoms with Crippen molar-refractivity contribution in [3.8, 4) is 17.1 Å². The lowest BCUT2D eigenvalue weighted by atomic mass is 10.1. The molecule has 6 heteroatoms. The van der Waals surface area contributed by atoms with Crippen LogP contribution in [0.15, 0.2) is 60.7 Å². The second-order valence-corrected chi connectivity index (χ2v) is 8.09. The number of anilines is 1. The van der Waals surface area contributed by atoms with Gasteiger partial charge in [-0.05, 0) is 80.3 Å². The number of nitrogens with zero attached hydrogens (tertiary/aromatic N) is 3. The topological polar surface area (TPSA) is 59.8 Å². The Morgan fingerprint density at radius 2 is 1.68 bits per heavy atom. The SMILES string of the molecule is Cc1ccc(-n2nc(C(=O)Nc3cccc(C)c3C)nc2-c2cccc(Cl)c2)cc1C. The Labute approximate surface area is 186 Å². The Kier molecular flexibility index (Phi) is 5.61. The van der Waals surface area contributed by atoms with Crippen LogP contribution in [0.5, 0.6) is 0 Å². The van der Waals surface area contributed by atoms with Crippen LogP contribution in [0, 0.1) is 27.7 Å². The average molecular weight is 431 g/mol. The van der Waals surface area contributed by atoms with Crippen LogP contribution in [-0.2, 0) is 0 Å². The number of nitrogens with one attached hydrogen (secondary N) is 1. The van der Waals surface area contributed by atoms with E-state index in [-0.39, 0.29) is 11.7 Å². The molecule has 4 aromatic rings. The molecule has 1 heterocycles. The summed E-state index contributed by atoms with van der Waals surface area (Å²) in [6.45, 7) is 8.09. The molecular weight excluding hydrogens is 408 g/mol. The molecular formula is C25H23ClN4O. The van der Waals surface area contributed by atoms with Gasteiger partial charge in [-0.15, -0.1) is 5.10 Å². The predicted octanol–water partition coefficient (Wildman–Crippen LogP) is 6.07. The monoisotopic (exact) mass is 430 g/mol. The molecule has 1 amide bonds. The highest BCUT2D eigenvalue weighted by molar-refractivity contribution is 6.30.